The van der Waals surface area contributed by atoms with Crippen LogP contribution in [0.25, 0.3) is 0 Å². The summed E-state index contributed by atoms with van der Waals surface area (Å²) in [7, 11) is 3.57. The number of nitrogens with zero attached hydrogens (tertiary/aromatic N) is 2. The number of hydrogen-bond donors (Lipinski definition) is 1. The van der Waals surface area contributed by atoms with Gasteiger partial charge in [0.05, 0.1) is 37.9 Å². The van der Waals surface area contributed by atoms with E-state index in [0.717, 1.165) is 25.3 Å². The van der Waals surface area contributed by atoms with Crippen molar-refractivity contribution in [2.75, 3.05) is 40.4 Å². The number of fused-ring (bicyclic) bond motifs is 1. The van der Waals surface area contributed by atoms with Crippen LogP contribution in [0.4, 0.5) is 0 Å². The van der Waals surface area contributed by atoms with Crippen molar-refractivity contribution in [3.05, 3.63) is 0 Å². The Hall–Kier alpha value is -0.690. The molecule has 3 rings (SSSR count). The van der Waals surface area contributed by atoms with Crippen LogP contribution in [-0.4, -0.2) is 85.6 Å². The van der Waals surface area contributed by atoms with Crippen molar-refractivity contribution in [2.24, 2.45) is 5.92 Å². The highest BCUT2D eigenvalue weighted by molar-refractivity contribution is 5.76. The number of aliphatic hydroxyl groups is 1. The Morgan fingerprint density at radius 2 is 2.00 bits per heavy atom. The van der Waals surface area contributed by atoms with Crippen molar-refractivity contribution >= 4 is 5.91 Å². The Balaban J connectivity index is 1.61. The van der Waals surface area contributed by atoms with Gasteiger partial charge in [0.15, 0.2) is 0 Å². The second-order valence-electron chi connectivity index (χ2n) is 7.52. The third kappa shape index (κ3) is 4.66. The summed E-state index contributed by atoms with van der Waals surface area (Å²) in [5, 5.41) is 10.1. The standard InChI is InChI=1S/C17H30N2O4/c1-18(2)17(21)7-14-5-6-15-16(23-14)11-22-10-13(20)9-19(15)8-12-3-4-12/h12-16,20H,3-11H2,1-2H3/t13-,14+,15-,16+/m0/s1. The molecule has 1 N–H and O–H groups in total. The molecule has 0 aromatic rings. The Morgan fingerprint density at radius 3 is 2.70 bits per heavy atom. The van der Waals surface area contributed by atoms with E-state index in [1.165, 1.54) is 12.8 Å². The molecule has 3 aliphatic rings. The lowest BCUT2D eigenvalue weighted by atomic mass is 9.94. The molecule has 3 fully saturated rings. The van der Waals surface area contributed by atoms with Crippen LogP contribution in [0.5, 0.6) is 0 Å². The summed E-state index contributed by atoms with van der Waals surface area (Å²) in [6.45, 7) is 2.61. The Morgan fingerprint density at radius 1 is 1.22 bits per heavy atom. The third-order valence-corrected chi connectivity index (χ3v) is 5.18. The van der Waals surface area contributed by atoms with E-state index >= 15 is 0 Å². The van der Waals surface area contributed by atoms with Crippen LogP contribution < -0.4 is 0 Å². The van der Waals surface area contributed by atoms with Crippen LogP contribution in [0.2, 0.25) is 0 Å². The van der Waals surface area contributed by atoms with Crippen LogP contribution in [0.3, 0.4) is 0 Å². The number of β-amino-alcohol motifs (C(OH)–C–C–N with tert-alkyl or cyclic N) is 1. The summed E-state index contributed by atoms with van der Waals surface area (Å²) >= 11 is 0. The fourth-order valence-corrected chi connectivity index (χ4v) is 3.67. The molecule has 6 nitrogen and oxygen atoms in total. The summed E-state index contributed by atoms with van der Waals surface area (Å²) in [6.07, 6.45) is 4.56. The lowest BCUT2D eigenvalue weighted by molar-refractivity contribution is -0.159. The number of ether oxygens (including phenoxy) is 2. The second kappa shape index (κ2) is 7.47. The van der Waals surface area contributed by atoms with Crippen LogP contribution in [0.15, 0.2) is 0 Å². The van der Waals surface area contributed by atoms with Crippen molar-refractivity contribution in [1.82, 2.24) is 9.80 Å². The molecule has 1 amide bonds. The van der Waals surface area contributed by atoms with Gasteiger partial charge in [-0.2, -0.15) is 0 Å². The van der Waals surface area contributed by atoms with Gasteiger partial charge >= 0.3 is 0 Å². The molecule has 1 saturated carbocycles. The first-order valence-electron chi connectivity index (χ1n) is 8.88. The first-order valence-corrected chi connectivity index (χ1v) is 8.88. The molecule has 0 radical (unpaired) electrons. The number of hydrogen-bond acceptors (Lipinski definition) is 5. The molecule has 6 heteroatoms. The third-order valence-electron chi connectivity index (χ3n) is 5.18. The van der Waals surface area contributed by atoms with Gasteiger partial charge in [-0.15, -0.1) is 0 Å². The molecule has 2 heterocycles. The van der Waals surface area contributed by atoms with Gasteiger partial charge in [0, 0.05) is 33.2 Å². The molecule has 0 aromatic carbocycles. The summed E-state index contributed by atoms with van der Waals surface area (Å²) in [5.74, 6) is 0.904. The topological polar surface area (TPSA) is 62.2 Å². The van der Waals surface area contributed by atoms with Crippen LogP contribution in [0, 0.1) is 5.92 Å². The number of aliphatic hydroxyl groups excluding tert-OH is 1. The summed E-state index contributed by atoms with van der Waals surface area (Å²) in [4.78, 5) is 16.0. The lowest BCUT2D eigenvalue weighted by Gasteiger charge is -2.44. The second-order valence-corrected chi connectivity index (χ2v) is 7.52. The number of carbonyl (C=O) groups excluding carboxylic acids is 1. The molecule has 0 spiro atoms. The highest BCUT2D eigenvalue weighted by Gasteiger charge is 2.39. The SMILES string of the molecule is CN(C)C(=O)C[C@H]1CC[C@H]2[C@@H](COC[C@@H](O)CN2CC2CC2)O1. The maximum absolute atomic E-state index is 11.9. The number of amides is 1. The van der Waals surface area contributed by atoms with E-state index in [4.69, 9.17) is 9.47 Å². The predicted molar refractivity (Wildman–Crippen MR) is 86.1 cm³/mol. The summed E-state index contributed by atoms with van der Waals surface area (Å²) < 4.78 is 11.8. The maximum atomic E-state index is 11.9. The van der Waals surface area contributed by atoms with Gasteiger partial charge in [0.25, 0.3) is 0 Å². The van der Waals surface area contributed by atoms with Gasteiger partial charge in [-0.25, -0.2) is 0 Å². The van der Waals surface area contributed by atoms with Crippen molar-refractivity contribution in [2.45, 2.75) is 56.5 Å². The molecular formula is C17H30N2O4. The fourth-order valence-electron chi connectivity index (χ4n) is 3.67. The van der Waals surface area contributed by atoms with Crippen LogP contribution in [0.1, 0.15) is 32.1 Å². The number of rotatable bonds is 4. The molecule has 4 atom stereocenters. The van der Waals surface area contributed by atoms with Crippen molar-refractivity contribution < 1.29 is 19.4 Å². The highest BCUT2D eigenvalue weighted by Crippen LogP contribution is 2.34. The molecular weight excluding hydrogens is 296 g/mol. The van der Waals surface area contributed by atoms with Gasteiger partial charge in [-0.05, 0) is 31.6 Å². The zero-order chi connectivity index (χ0) is 16.4. The fraction of sp³-hybridized carbons (Fsp3) is 0.941. The van der Waals surface area contributed by atoms with E-state index in [2.05, 4.69) is 4.90 Å². The zero-order valence-electron chi connectivity index (χ0n) is 14.3. The average Bonchev–Trinajstić information content (AvgIpc) is 3.29. The van der Waals surface area contributed by atoms with Gasteiger partial charge < -0.3 is 19.5 Å². The first kappa shape index (κ1) is 17.1. The normalized spacial score (nSPS) is 36.0. The minimum Gasteiger partial charge on any atom is -0.389 e. The molecule has 0 unspecified atom stereocenters. The minimum atomic E-state index is -0.414. The number of carbonyl (C=O) groups is 1. The van der Waals surface area contributed by atoms with Crippen molar-refractivity contribution in [3.8, 4) is 0 Å². The largest absolute Gasteiger partial charge is 0.389 e. The molecule has 0 bridgehead atoms. The molecule has 0 aromatic heterocycles. The van der Waals surface area contributed by atoms with E-state index in [-0.39, 0.29) is 18.1 Å². The van der Waals surface area contributed by atoms with Crippen molar-refractivity contribution in [1.29, 1.82) is 0 Å². The summed E-state index contributed by atoms with van der Waals surface area (Å²) in [6, 6.07) is 0.302. The van der Waals surface area contributed by atoms with E-state index in [1.807, 2.05) is 0 Å². The first-order chi connectivity index (χ1) is 11.0. The Labute approximate surface area is 138 Å². The molecule has 132 valence electrons. The monoisotopic (exact) mass is 326 g/mol. The van der Waals surface area contributed by atoms with E-state index in [0.29, 0.717) is 32.2 Å². The average molecular weight is 326 g/mol. The summed E-state index contributed by atoms with van der Waals surface area (Å²) in [5.41, 5.74) is 0. The minimum absolute atomic E-state index is 0.00922. The smallest absolute Gasteiger partial charge is 0.224 e. The van der Waals surface area contributed by atoms with E-state index in [9.17, 15) is 9.90 Å². The molecule has 23 heavy (non-hydrogen) atoms. The van der Waals surface area contributed by atoms with Gasteiger partial charge in [0.2, 0.25) is 5.91 Å². The molecule has 2 saturated heterocycles. The zero-order valence-corrected chi connectivity index (χ0v) is 14.3. The van der Waals surface area contributed by atoms with Crippen LogP contribution >= 0.6 is 0 Å². The van der Waals surface area contributed by atoms with Gasteiger partial charge in [-0.3, -0.25) is 9.69 Å². The van der Waals surface area contributed by atoms with E-state index in [1.54, 1.807) is 19.0 Å². The molecule has 2 aliphatic heterocycles. The Bertz CT molecular complexity index is 413. The quantitative estimate of drug-likeness (QED) is 0.814. The Kier molecular flexibility index (Phi) is 5.57. The van der Waals surface area contributed by atoms with Crippen LogP contribution in [-0.2, 0) is 14.3 Å². The predicted octanol–water partition coefficient (Wildman–Crippen LogP) is 0.484. The highest BCUT2D eigenvalue weighted by atomic mass is 16.5. The van der Waals surface area contributed by atoms with Crippen molar-refractivity contribution in [3.63, 3.8) is 0 Å². The molecule has 1 aliphatic carbocycles. The lowest BCUT2D eigenvalue weighted by Crippen LogP contribution is -2.56. The maximum Gasteiger partial charge on any atom is 0.224 e. The van der Waals surface area contributed by atoms with Gasteiger partial charge in [-0.1, -0.05) is 0 Å². The van der Waals surface area contributed by atoms with E-state index < -0.39 is 6.10 Å². The van der Waals surface area contributed by atoms with Gasteiger partial charge in [0.1, 0.15) is 0 Å².